The highest BCUT2D eigenvalue weighted by Crippen LogP contribution is 2.41. The van der Waals surface area contributed by atoms with Gasteiger partial charge in [-0.15, -0.1) is 11.8 Å². The number of nitrogens with zero attached hydrogens (tertiary/aromatic N) is 1. The van der Waals surface area contributed by atoms with Gasteiger partial charge in [0.05, 0.1) is 18.0 Å². The lowest BCUT2D eigenvalue weighted by molar-refractivity contribution is -0.129. The van der Waals surface area contributed by atoms with Crippen LogP contribution in [0.3, 0.4) is 0 Å². The van der Waals surface area contributed by atoms with E-state index in [2.05, 4.69) is 6.07 Å². The minimum Gasteiger partial charge on any atom is -0.497 e. The van der Waals surface area contributed by atoms with Crippen LogP contribution < -0.4 is 15.1 Å². The van der Waals surface area contributed by atoms with Crippen molar-refractivity contribution in [1.29, 1.82) is 0 Å². The van der Waals surface area contributed by atoms with Crippen molar-refractivity contribution in [3.8, 4) is 5.75 Å². The number of hydrogen-bond acceptors (Lipinski definition) is 5. The molecule has 0 saturated heterocycles. The molecule has 29 heavy (non-hydrogen) atoms. The highest BCUT2D eigenvalue weighted by Gasteiger charge is 2.34. The molecule has 0 spiro atoms. The minimum atomic E-state index is -0.602. The molecule has 2 aromatic carbocycles. The van der Waals surface area contributed by atoms with Crippen LogP contribution in [0.1, 0.15) is 30.9 Å². The normalized spacial score (nSPS) is 15.8. The van der Waals surface area contributed by atoms with Crippen LogP contribution in [0.15, 0.2) is 47.4 Å². The maximum atomic E-state index is 13.1. The van der Waals surface area contributed by atoms with E-state index in [1.807, 2.05) is 43.3 Å². The van der Waals surface area contributed by atoms with E-state index < -0.39 is 5.91 Å². The molecule has 0 saturated carbocycles. The Hall–Kier alpha value is -2.51. The van der Waals surface area contributed by atoms with Crippen molar-refractivity contribution in [3.05, 3.63) is 53.6 Å². The Balaban J connectivity index is 1.71. The number of hydrogen-bond donors (Lipinski definition) is 2. The highest BCUT2D eigenvalue weighted by atomic mass is 32.2. The molecule has 0 aromatic heterocycles. The van der Waals surface area contributed by atoms with Gasteiger partial charge in [0.15, 0.2) is 0 Å². The van der Waals surface area contributed by atoms with E-state index >= 15 is 0 Å². The summed E-state index contributed by atoms with van der Waals surface area (Å²) in [6, 6.07) is 14.0. The van der Waals surface area contributed by atoms with E-state index in [0.29, 0.717) is 6.42 Å². The Labute approximate surface area is 175 Å². The Kier molecular flexibility index (Phi) is 7.17. The van der Waals surface area contributed by atoms with Gasteiger partial charge in [0.2, 0.25) is 5.91 Å². The van der Waals surface area contributed by atoms with Crippen molar-refractivity contribution in [1.82, 2.24) is 5.48 Å². The molecule has 1 atom stereocenters. The third kappa shape index (κ3) is 5.10. The number of amides is 2. The van der Waals surface area contributed by atoms with E-state index in [4.69, 9.17) is 9.94 Å². The Bertz CT molecular complexity index is 870. The van der Waals surface area contributed by atoms with Crippen LogP contribution in [-0.4, -0.2) is 35.9 Å². The molecular weight excluding hydrogens is 388 g/mol. The fourth-order valence-corrected chi connectivity index (χ4v) is 4.65. The number of thioether (sulfide) groups is 1. The lowest BCUT2D eigenvalue weighted by atomic mass is 10.1. The number of hydroxylamine groups is 1. The van der Waals surface area contributed by atoms with Gasteiger partial charge in [0.1, 0.15) is 12.3 Å². The van der Waals surface area contributed by atoms with Crippen LogP contribution >= 0.6 is 11.8 Å². The topological polar surface area (TPSA) is 78.9 Å². The van der Waals surface area contributed by atoms with Gasteiger partial charge in [-0.1, -0.05) is 25.1 Å². The van der Waals surface area contributed by atoms with Crippen LogP contribution in [0.5, 0.6) is 5.75 Å². The molecule has 2 aromatic rings. The van der Waals surface area contributed by atoms with Crippen LogP contribution in [0.4, 0.5) is 5.69 Å². The molecule has 154 valence electrons. The predicted octanol–water partition coefficient (Wildman–Crippen LogP) is 3.59. The molecule has 1 aliphatic rings. The molecule has 0 bridgehead atoms. The van der Waals surface area contributed by atoms with Crippen LogP contribution in [-0.2, 0) is 22.4 Å². The first-order valence-corrected chi connectivity index (χ1v) is 10.6. The summed E-state index contributed by atoms with van der Waals surface area (Å²) in [5.74, 6) is 0.136. The summed E-state index contributed by atoms with van der Waals surface area (Å²) in [7, 11) is 1.64. The SMILES string of the molecule is CCc1ccc2c(c1)N(CC(=O)NO)C(=O)C(CCCc1ccc(OC)cc1)S2. The fraction of sp³-hybridized carbons (Fsp3) is 0.364. The van der Waals surface area contributed by atoms with E-state index in [1.165, 1.54) is 10.5 Å². The zero-order valence-corrected chi connectivity index (χ0v) is 17.5. The number of rotatable bonds is 8. The smallest absolute Gasteiger partial charge is 0.263 e. The molecule has 6 nitrogen and oxygen atoms in total. The maximum absolute atomic E-state index is 13.1. The summed E-state index contributed by atoms with van der Waals surface area (Å²) in [5, 5.41) is 8.67. The first kappa shape index (κ1) is 21.2. The average molecular weight is 415 g/mol. The van der Waals surface area contributed by atoms with Gasteiger partial charge in [-0.05, 0) is 61.1 Å². The first-order chi connectivity index (χ1) is 14.0. The monoisotopic (exact) mass is 414 g/mol. The van der Waals surface area contributed by atoms with E-state index in [1.54, 1.807) is 24.4 Å². The second kappa shape index (κ2) is 9.80. The van der Waals surface area contributed by atoms with Crippen LogP contribution in [0.2, 0.25) is 0 Å². The van der Waals surface area contributed by atoms with E-state index in [0.717, 1.165) is 41.2 Å². The summed E-state index contributed by atoms with van der Waals surface area (Å²) >= 11 is 1.56. The largest absolute Gasteiger partial charge is 0.497 e. The van der Waals surface area contributed by atoms with Gasteiger partial charge < -0.3 is 9.64 Å². The van der Waals surface area contributed by atoms with E-state index in [9.17, 15) is 9.59 Å². The molecule has 1 aliphatic heterocycles. The number of ether oxygens (including phenoxy) is 1. The molecule has 1 heterocycles. The summed E-state index contributed by atoms with van der Waals surface area (Å²) < 4.78 is 5.18. The second-order valence-electron chi connectivity index (χ2n) is 6.96. The molecule has 1 unspecified atom stereocenters. The molecule has 3 rings (SSSR count). The van der Waals surface area contributed by atoms with Gasteiger partial charge in [0, 0.05) is 4.90 Å². The van der Waals surface area contributed by atoms with Crippen molar-refractivity contribution < 1.29 is 19.5 Å². The molecule has 7 heteroatoms. The first-order valence-electron chi connectivity index (χ1n) is 9.72. The van der Waals surface area contributed by atoms with Gasteiger partial charge in [-0.25, -0.2) is 5.48 Å². The van der Waals surface area contributed by atoms with Crippen LogP contribution in [0.25, 0.3) is 0 Å². The number of carbonyl (C=O) groups excluding carboxylic acids is 2. The minimum absolute atomic E-state index is 0.0888. The summed E-state index contributed by atoms with van der Waals surface area (Å²) in [6.45, 7) is 1.86. The standard InChI is InChI=1S/C22H26N2O4S/c1-3-15-9-12-19-18(13-15)24(14-21(25)23-27)22(26)20(29-19)6-4-5-16-7-10-17(28-2)11-8-16/h7-13,20,27H,3-6,14H2,1-2H3,(H,23,25). The third-order valence-corrected chi connectivity index (χ3v) is 6.37. The average Bonchev–Trinajstić information content (AvgIpc) is 2.76. The zero-order valence-electron chi connectivity index (χ0n) is 16.7. The molecule has 2 amide bonds. The Morgan fingerprint density at radius 3 is 2.59 bits per heavy atom. The molecule has 0 radical (unpaired) electrons. The van der Waals surface area contributed by atoms with Gasteiger partial charge >= 0.3 is 0 Å². The van der Waals surface area contributed by atoms with Gasteiger partial charge in [-0.3, -0.25) is 14.8 Å². The van der Waals surface area contributed by atoms with Crippen molar-refractivity contribution in [2.24, 2.45) is 0 Å². The second-order valence-corrected chi connectivity index (χ2v) is 8.21. The quantitative estimate of drug-likeness (QED) is 0.510. The number of aryl methyl sites for hydroxylation is 2. The van der Waals surface area contributed by atoms with Crippen molar-refractivity contribution in [3.63, 3.8) is 0 Å². The van der Waals surface area contributed by atoms with Crippen LogP contribution in [0, 0.1) is 0 Å². The van der Waals surface area contributed by atoms with Gasteiger partial charge in [0.25, 0.3) is 5.91 Å². The zero-order chi connectivity index (χ0) is 20.8. The van der Waals surface area contributed by atoms with E-state index in [-0.39, 0.29) is 17.7 Å². The number of benzene rings is 2. The summed E-state index contributed by atoms with van der Waals surface area (Å²) in [4.78, 5) is 27.4. The Morgan fingerprint density at radius 2 is 1.93 bits per heavy atom. The number of anilines is 1. The molecule has 0 aliphatic carbocycles. The molecule has 2 N–H and O–H groups in total. The summed E-state index contributed by atoms with van der Waals surface area (Å²) in [6.07, 6.45) is 3.28. The van der Waals surface area contributed by atoms with Crippen molar-refractivity contribution >= 4 is 29.3 Å². The molecule has 0 fully saturated rings. The number of fused-ring (bicyclic) bond motifs is 1. The highest BCUT2D eigenvalue weighted by molar-refractivity contribution is 8.01. The number of carbonyl (C=O) groups is 2. The summed E-state index contributed by atoms with van der Waals surface area (Å²) in [5.41, 5.74) is 4.68. The molecular formula is C22H26N2O4S. The van der Waals surface area contributed by atoms with Crippen molar-refractivity contribution in [2.45, 2.75) is 42.8 Å². The third-order valence-electron chi connectivity index (χ3n) is 5.05. The number of methoxy groups -OCH3 is 1. The lowest BCUT2D eigenvalue weighted by Gasteiger charge is -2.33. The number of nitrogens with one attached hydrogen (secondary N) is 1. The van der Waals surface area contributed by atoms with Gasteiger partial charge in [-0.2, -0.15) is 0 Å². The predicted molar refractivity (Wildman–Crippen MR) is 114 cm³/mol. The van der Waals surface area contributed by atoms with Crippen molar-refractivity contribution in [2.75, 3.05) is 18.6 Å². The fourth-order valence-electron chi connectivity index (χ4n) is 3.40. The lowest BCUT2D eigenvalue weighted by Crippen LogP contribution is -2.46. The maximum Gasteiger partial charge on any atom is 0.263 e. The Morgan fingerprint density at radius 1 is 1.21 bits per heavy atom.